The molecule has 1 aliphatic heterocycles. The lowest BCUT2D eigenvalue weighted by atomic mass is 10.1. The molecule has 0 saturated carbocycles. The lowest BCUT2D eigenvalue weighted by Gasteiger charge is -2.31. The van der Waals surface area contributed by atoms with E-state index in [1.165, 1.54) is 0 Å². The minimum absolute atomic E-state index is 0.176. The number of nitrogens with one attached hydrogen (secondary N) is 1. The van der Waals surface area contributed by atoms with Crippen LogP contribution in [-0.4, -0.2) is 41.4 Å². The van der Waals surface area contributed by atoms with E-state index in [1.54, 1.807) is 7.11 Å². The largest absolute Gasteiger partial charge is 0.497 e. The van der Waals surface area contributed by atoms with Crippen molar-refractivity contribution in [3.8, 4) is 5.75 Å². The molecule has 4 nitrogen and oxygen atoms in total. The number of likely N-dealkylation sites (tertiary alicyclic amines) is 1. The second-order valence-electron chi connectivity index (χ2n) is 4.38. The smallest absolute Gasteiger partial charge is 0.173 e. The molecule has 0 unspecified atom stereocenters. The summed E-state index contributed by atoms with van der Waals surface area (Å²) in [5, 5.41) is 13.4. The summed E-state index contributed by atoms with van der Waals surface area (Å²) in [7, 11) is 1.64. The van der Waals surface area contributed by atoms with Gasteiger partial charge in [-0.2, -0.15) is 0 Å². The molecule has 1 aliphatic rings. The summed E-state index contributed by atoms with van der Waals surface area (Å²) in [5.74, 6) is 0.826. The first kappa shape index (κ1) is 13.1. The molecule has 1 heterocycles. The number of hydrogen-bond donors (Lipinski definition) is 2. The van der Waals surface area contributed by atoms with Gasteiger partial charge in [0.15, 0.2) is 5.11 Å². The zero-order valence-electron chi connectivity index (χ0n) is 10.4. The summed E-state index contributed by atoms with van der Waals surface area (Å²) in [5.41, 5.74) is 0.951. The van der Waals surface area contributed by atoms with E-state index in [4.69, 9.17) is 17.0 Å². The van der Waals surface area contributed by atoms with E-state index >= 15 is 0 Å². The van der Waals surface area contributed by atoms with Crippen LogP contribution in [0.3, 0.4) is 0 Å². The van der Waals surface area contributed by atoms with E-state index in [0.717, 1.165) is 37.4 Å². The van der Waals surface area contributed by atoms with Crippen molar-refractivity contribution in [3.63, 3.8) is 0 Å². The molecule has 5 heteroatoms. The molecular formula is C13H18N2O2S. The molecule has 0 spiro atoms. The maximum Gasteiger partial charge on any atom is 0.173 e. The molecule has 0 aliphatic carbocycles. The normalized spacial score (nSPS) is 16.4. The lowest BCUT2D eigenvalue weighted by molar-refractivity contribution is 0.110. The molecule has 1 saturated heterocycles. The molecule has 1 aromatic carbocycles. The van der Waals surface area contributed by atoms with Crippen molar-refractivity contribution < 1.29 is 9.84 Å². The number of methoxy groups -OCH3 is 1. The summed E-state index contributed by atoms with van der Waals surface area (Å²) in [4.78, 5) is 2.09. The highest BCUT2D eigenvalue weighted by Crippen LogP contribution is 2.17. The van der Waals surface area contributed by atoms with Gasteiger partial charge in [-0.3, -0.25) is 0 Å². The third-order valence-electron chi connectivity index (χ3n) is 3.09. The number of thiocarbonyl (C=S) groups is 1. The standard InChI is InChI=1S/C13H18N2O2S/c1-17-12-4-2-10(3-5-12)14-13(18)15-8-6-11(16)7-9-15/h2-5,11,16H,6-9H2,1H3,(H,14,18). The molecule has 0 radical (unpaired) electrons. The molecule has 0 atom stereocenters. The number of anilines is 1. The van der Waals surface area contributed by atoms with Gasteiger partial charge in [0.2, 0.25) is 0 Å². The molecule has 2 rings (SSSR count). The molecule has 98 valence electrons. The van der Waals surface area contributed by atoms with Gasteiger partial charge < -0.3 is 20.1 Å². The van der Waals surface area contributed by atoms with E-state index in [-0.39, 0.29) is 6.10 Å². The number of hydrogen-bond acceptors (Lipinski definition) is 3. The first-order valence-electron chi connectivity index (χ1n) is 6.07. The van der Waals surface area contributed by atoms with Crippen LogP contribution in [0.1, 0.15) is 12.8 Å². The van der Waals surface area contributed by atoms with Crippen molar-refractivity contribution in [2.45, 2.75) is 18.9 Å². The van der Waals surface area contributed by atoms with Crippen LogP contribution in [0, 0.1) is 0 Å². The van der Waals surface area contributed by atoms with Crippen LogP contribution in [0.5, 0.6) is 5.75 Å². The molecule has 2 N–H and O–H groups in total. The van der Waals surface area contributed by atoms with Gasteiger partial charge >= 0.3 is 0 Å². The fourth-order valence-corrected chi connectivity index (χ4v) is 2.25. The summed E-state index contributed by atoms with van der Waals surface area (Å²) in [6.45, 7) is 1.62. The average molecular weight is 266 g/mol. The Morgan fingerprint density at radius 2 is 1.94 bits per heavy atom. The number of benzene rings is 1. The quantitative estimate of drug-likeness (QED) is 0.800. The minimum atomic E-state index is -0.176. The fraction of sp³-hybridized carbons (Fsp3) is 0.462. The third kappa shape index (κ3) is 3.34. The Hall–Kier alpha value is -1.33. The SMILES string of the molecule is COc1ccc(NC(=S)N2CCC(O)CC2)cc1. The summed E-state index contributed by atoms with van der Waals surface area (Å²) >= 11 is 5.36. The van der Waals surface area contributed by atoms with E-state index < -0.39 is 0 Å². The highest BCUT2D eigenvalue weighted by atomic mass is 32.1. The van der Waals surface area contributed by atoms with E-state index in [0.29, 0.717) is 5.11 Å². The van der Waals surface area contributed by atoms with Crippen molar-refractivity contribution in [2.24, 2.45) is 0 Å². The number of piperidine rings is 1. The summed E-state index contributed by atoms with van der Waals surface area (Å²) in [6.07, 6.45) is 1.39. The van der Waals surface area contributed by atoms with Crippen LogP contribution >= 0.6 is 12.2 Å². The summed E-state index contributed by atoms with van der Waals surface area (Å²) < 4.78 is 5.10. The van der Waals surface area contributed by atoms with Crippen LogP contribution in [0.4, 0.5) is 5.69 Å². The van der Waals surface area contributed by atoms with E-state index in [1.807, 2.05) is 24.3 Å². The van der Waals surface area contributed by atoms with Gasteiger partial charge in [-0.05, 0) is 49.3 Å². The van der Waals surface area contributed by atoms with Gasteiger partial charge in [-0.1, -0.05) is 0 Å². The Balaban J connectivity index is 1.90. The van der Waals surface area contributed by atoms with Crippen LogP contribution in [-0.2, 0) is 0 Å². The Labute approximate surface area is 113 Å². The van der Waals surface area contributed by atoms with Gasteiger partial charge in [0.05, 0.1) is 13.2 Å². The van der Waals surface area contributed by atoms with E-state index in [9.17, 15) is 5.11 Å². The molecule has 1 fully saturated rings. The number of rotatable bonds is 2. The van der Waals surface area contributed by atoms with Crippen molar-refractivity contribution in [2.75, 3.05) is 25.5 Å². The van der Waals surface area contributed by atoms with Crippen molar-refractivity contribution in [3.05, 3.63) is 24.3 Å². The molecule has 0 amide bonds. The minimum Gasteiger partial charge on any atom is -0.497 e. The first-order chi connectivity index (χ1) is 8.69. The molecule has 0 bridgehead atoms. The van der Waals surface area contributed by atoms with Gasteiger partial charge in [0, 0.05) is 18.8 Å². The number of aliphatic hydroxyl groups is 1. The Bertz CT molecular complexity index is 400. The van der Waals surface area contributed by atoms with E-state index in [2.05, 4.69) is 10.2 Å². The predicted molar refractivity (Wildman–Crippen MR) is 76.0 cm³/mol. The number of nitrogens with zero attached hydrogens (tertiary/aromatic N) is 1. The van der Waals surface area contributed by atoms with Crippen LogP contribution in [0.25, 0.3) is 0 Å². The zero-order chi connectivity index (χ0) is 13.0. The summed E-state index contributed by atoms with van der Waals surface area (Å²) in [6, 6.07) is 7.66. The molecular weight excluding hydrogens is 248 g/mol. The third-order valence-corrected chi connectivity index (χ3v) is 3.45. The maximum absolute atomic E-state index is 9.45. The topological polar surface area (TPSA) is 44.7 Å². The molecule has 0 aromatic heterocycles. The number of aliphatic hydroxyl groups excluding tert-OH is 1. The van der Waals surface area contributed by atoms with Gasteiger partial charge in [0.25, 0.3) is 0 Å². The van der Waals surface area contributed by atoms with Crippen molar-refractivity contribution in [1.82, 2.24) is 4.90 Å². The van der Waals surface area contributed by atoms with Crippen LogP contribution < -0.4 is 10.1 Å². The Morgan fingerprint density at radius 1 is 1.33 bits per heavy atom. The monoisotopic (exact) mass is 266 g/mol. The second kappa shape index (κ2) is 6.02. The lowest BCUT2D eigenvalue weighted by Crippen LogP contribution is -2.42. The highest BCUT2D eigenvalue weighted by molar-refractivity contribution is 7.80. The van der Waals surface area contributed by atoms with Gasteiger partial charge in [0.1, 0.15) is 5.75 Å². The van der Waals surface area contributed by atoms with Crippen molar-refractivity contribution in [1.29, 1.82) is 0 Å². The average Bonchev–Trinajstić information content (AvgIpc) is 2.40. The van der Waals surface area contributed by atoms with Gasteiger partial charge in [-0.15, -0.1) is 0 Å². The fourth-order valence-electron chi connectivity index (χ4n) is 1.95. The van der Waals surface area contributed by atoms with Crippen LogP contribution in [0.2, 0.25) is 0 Å². The predicted octanol–water partition coefficient (Wildman–Crippen LogP) is 1.85. The van der Waals surface area contributed by atoms with Crippen LogP contribution in [0.15, 0.2) is 24.3 Å². The Morgan fingerprint density at radius 3 is 2.50 bits per heavy atom. The zero-order valence-corrected chi connectivity index (χ0v) is 11.2. The van der Waals surface area contributed by atoms with Gasteiger partial charge in [-0.25, -0.2) is 0 Å². The highest BCUT2D eigenvalue weighted by Gasteiger charge is 2.18. The Kier molecular flexibility index (Phi) is 4.38. The number of ether oxygens (including phenoxy) is 1. The maximum atomic E-state index is 9.45. The molecule has 18 heavy (non-hydrogen) atoms. The molecule has 1 aromatic rings. The van der Waals surface area contributed by atoms with Crippen molar-refractivity contribution >= 4 is 23.0 Å². The first-order valence-corrected chi connectivity index (χ1v) is 6.48. The second-order valence-corrected chi connectivity index (χ2v) is 4.76.